The Morgan fingerprint density at radius 2 is 2.21 bits per heavy atom. The highest BCUT2D eigenvalue weighted by Crippen LogP contribution is 2.15. The molecule has 3 aromatic rings. The maximum Gasteiger partial charge on any atom is 0.274 e. The molecule has 2 aromatic heterocycles. The molecule has 8 heteroatoms. The number of nitrogens with one attached hydrogen (secondary N) is 2. The molecule has 146 valence electrons. The van der Waals surface area contributed by atoms with Gasteiger partial charge in [-0.05, 0) is 38.4 Å². The van der Waals surface area contributed by atoms with Crippen LogP contribution in [-0.4, -0.2) is 44.6 Å². The average molecular weight is 380 g/mol. The maximum atomic E-state index is 12.6. The van der Waals surface area contributed by atoms with E-state index in [-0.39, 0.29) is 23.6 Å². The molecule has 1 aliphatic rings. The lowest BCUT2D eigenvalue weighted by atomic mass is 10.1. The molecule has 28 heavy (non-hydrogen) atoms. The molecule has 2 N–H and O–H groups in total. The summed E-state index contributed by atoms with van der Waals surface area (Å²) in [5, 5.41) is 16.3. The lowest BCUT2D eigenvalue weighted by molar-refractivity contribution is 0.0929. The molecule has 0 bridgehead atoms. The molecule has 1 amide bonds. The van der Waals surface area contributed by atoms with Gasteiger partial charge in [0.25, 0.3) is 11.5 Å². The standard InChI is InChI=1S/C20H24N6O2/c1-14(13-26-20(28)17-7-3-2-5-15(17)11-22-26)23-19(27)18-8-10-25(24-18)16-6-4-9-21-12-16/h2-3,5,7-8,10-11,14,16,21H,4,6,9,12-13H2,1H3,(H,23,27). The van der Waals surface area contributed by atoms with Crippen LogP contribution in [0, 0.1) is 0 Å². The zero-order valence-corrected chi connectivity index (χ0v) is 15.8. The predicted octanol–water partition coefficient (Wildman–Crippen LogP) is 1.34. The number of hydrogen-bond acceptors (Lipinski definition) is 5. The molecule has 4 rings (SSSR count). The van der Waals surface area contributed by atoms with Crippen LogP contribution in [0.25, 0.3) is 10.8 Å². The Morgan fingerprint density at radius 1 is 1.36 bits per heavy atom. The van der Waals surface area contributed by atoms with Gasteiger partial charge < -0.3 is 10.6 Å². The van der Waals surface area contributed by atoms with E-state index in [1.54, 1.807) is 18.3 Å². The fraction of sp³-hybridized carbons (Fsp3) is 0.400. The SMILES string of the molecule is CC(Cn1ncc2ccccc2c1=O)NC(=O)c1ccn(C2CCCNC2)n1. The minimum absolute atomic E-state index is 0.159. The molecule has 1 fully saturated rings. The third kappa shape index (κ3) is 3.82. The second-order valence-electron chi connectivity index (χ2n) is 7.27. The molecule has 0 saturated carbocycles. The summed E-state index contributed by atoms with van der Waals surface area (Å²) >= 11 is 0. The van der Waals surface area contributed by atoms with E-state index in [2.05, 4.69) is 20.8 Å². The molecule has 8 nitrogen and oxygen atoms in total. The van der Waals surface area contributed by atoms with Crippen LogP contribution in [0.5, 0.6) is 0 Å². The highest BCUT2D eigenvalue weighted by atomic mass is 16.2. The number of nitrogens with zero attached hydrogens (tertiary/aromatic N) is 4. The van der Waals surface area contributed by atoms with Crippen LogP contribution in [0.15, 0.2) is 47.5 Å². The molecule has 0 spiro atoms. The molecule has 1 aromatic carbocycles. The van der Waals surface area contributed by atoms with Crippen molar-refractivity contribution in [3.63, 3.8) is 0 Å². The number of aromatic nitrogens is 4. The van der Waals surface area contributed by atoms with Crippen LogP contribution in [0.3, 0.4) is 0 Å². The Bertz CT molecular complexity index is 1030. The van der Waals surface area contributed by atoms with Crippen molar-refractivity contribution >= 4 is 16.7 Å². The molecule has 1 aliphatic heterocycles. The fourth-order valence-corrected chi connectivity index (χ4v) is 3.58. The first-order valence-electron chi connectivity index (χ1n) is 9.63. The normalized spacial score (nSPS) is 18.1. The average Bonchev–Trinajstić information content (AvgIpc) is 3.21. The summed E-state index contributed by atoms with van der Waals surface area (Å²) < 4.78 is 3.25. The zero-order chi connectivity index (χ0) is 19.5. The number of carbonyl (C=O) groups is 1. The van der Waals surface area contributed by atoms with Gasteiger partial charge in [0.15, 0.2) is 0 Å². The van der Waals surface area contributed by atoms with Crippen molar-refractivity contribution in [1.82, 2.24) is 30.2 Å². The molecular formula is C20H24N6O2. The van der Waals surface area contributed by atoms with E-state index in [1.807, 2.05) is 36.0 Å². The summed E-state index contributed by atoms with van der Waals surface area (Å²) in [5.74, 6) is -0.246. The third-order valence-corrected chi connectivity index (χ3v) is 5.07. The first-order chi connectivity index (χ1) is 13.6. The minimum Gasteiger partial charge on any atom is -0.346 e. The van der Waals surface area contributed by atoms with Gasteiger partial charge in [-0.15, -0.1) is 0 Å². The largest absolute Gasteiger partial charge is 0.346 e. The smallest absolute Gasteiger partial charge is 0.274 e. The Kier molecular flexibility index (Phi) is 5.21. The van der Waals surface area contributed by atoms with Crippen molar-refractivity contribution in [1.29, 1.82) is 0 Å². The number of amides is 1. The predicted molar refractivity (Wildman–Crippen MR) is 106 cm³/mol. The number of benzene rings is 1. The van der Waals surface area contributed by atoms with Crippen molar-refractivity contribution in [3.05, 3.63) is 58.8 Å². The number of fused-ring (bicyclic) bond motifs is 1. The van der Waals surface area contributed by atoms with E-state index < -0.39 is 0 Å². The maximum absolute atomic E-state index is 12.6. The summed E-state index contributed by atoms with van der Waals surface area (Å²) in [4.78, 5) is 25.1. The summed E-state index contributed by atoms with van der Waals surface area (Å²) in [7, 11) is 0. The van der Waals surface area contributed by atoms with E-state index >= 15 is 0 Å². The zero-order valence-electron chi connectivity index (χ0n) is 15.8. The number of piperidine rings is 1. The van der Waals surface area contributed by atoms with E-state index in [1.165, 1.54) is 4.68 Å². The fourth-order valence-electron chi connectivity index (χ4n) is 3.58. The number of carbonyl (C=O) groups excluding carboxylic acids is 1. The van der Waals surface area contributed by atoms with Crippen molar-refractivity contribution in [2.75, 3.05) is 13.1 Å². The highest BCUT2D eigenvalue weighted by Gasteiger charge is 2.19. The molecule has 0 aliphatic carbocycles. The van der Waals surface area contributed by atoms with E-state index in [0.29, 0.717) is 17.6 Å². The monoisotopic (exact) mass is 380 g/mol. The quantitative estimate of drug-likeness (QED) is 0.697. The van der Waals surface area contributed by atoms with Crippen LogP contribution < -0.4 is 16.2 Å². The Morgan fingerprint density at radius 3 is 3.04 bits per heavy atom. The highest BCUT2D eigenvalue weighted by molar-refractivity contribution is 5.92. The summed E-state index contributed by atoms with van der Waals surface area (Å²) in [6.45, 7) is 4.05. The molecule has 3 heterocycles. The van der Waals surface area contributed by atoms with Gasteiger partial charge in [-0.3, -0.25) is 14.3 Å². The van der Waals surface area contributed by atoms with E-state index in [4.69, 9.17) is 0 Å². The van der Waals surface area contributed by atoms with Crippen LogP contribution >= 0.6 is 0 Å². The molecule has 0 radical (unpaired) electrons. The number of rotatable bonds is 5. The van der Waals surface area contributed by atoms with Gasteiger partial charge in [-0.1, -0.05) is 18.2 Å². The lowest BCUT2D eigenvalue weighted by Gasteiger charge is -2.22. The molecule has 1 saturated heterocycles. The summed E-state index contributed by atoms with van der Waals surface area (Å²) in [5.41, 5.74) is 0.226. The van der Waals surface area contributed by atoms with E-state index in [0.717, 1.165) is 31.3 Å². The number of hydrogen-bond donors (Lipinski definition) is 2. The Labute approximate surface area is 162 Å². The van der Waals surface area contributed by atoms with Crippen molar-refractivity contribution in [3.8, 4) is 0 Å². The summed E-state index contributed by atoms with van der Waals surface area (Å²) in [6, 6.07) is 9.10. The molecular weight excluding hydrogens is 356 g/mol. The van der Waals surface area contributed by atoms with Crippen LogP contribution in [0.2, 0.25) is 0 Å². The third-order valence-electron chi connectivity index (χ3n) is 5.07. The van der Waals surface area contributed by atoms with Crippen molar-refractivity contribution < 1.29 is 4.79 Å². The van der Waals surface area contributed by atoms with Crippen LogP contribution in [-0.2, 0) is 6.54 Å². The Hall–Kier alpha value is -3.00. The van der Waals surface area contributed by atoms with E-state index in [9.17, 15) is 9.59 Å². The second kappa shape index (κ2) is 7.93. The van der Waals surface area contributed by atoms with Gasteiger partial charge in [0.2, 0.25) is 0 Å². The first-order valence-corrected chi connectivity index (χ1v) is 9.63. The van der Waals surface area contributed by atoms with Crippen molar-refractivity contribution in [2.45, 2.75) is 38.4 Å². The van der Waals surface area contributed by atoms with Gasteiger partial charge in [-0.2, -0.15) is 10.2 Å². The van der Waals surface area contributed by atoms with Gasteiger partial charge in [0, 0.05) is 24.2 Å². The minimum atomic E-state index is -0.264. The van der Waals surface area contributed by atoms with Gasteiger partial charge in [0.05, 0.1) is 24.2 Å². The first kappa shape index (κ1) is 18.4. The Balaban J connectivity index is 1.42. The van der Waals surface area contributed by atoms with Crippen LogP contribution in [0.4, 0.5) is 0 Å². The summed E-state index contributed by atoms with van der Waals surface area (Å²) in [6.07, 6.45) is 5.69. The van der Waals surface area contributed by atoms with Crippen molar-refractivity contribution in [2.24, 2.45) is 0 Å². The van der Waals surface area contributed by atoms with Gasteiger partial charge >= 0.3 is 0 Å². The van der Waals surface area contributed by atoms with Gasteiger partial charge in [0.1, 0.15) is 5.69 Å². The van der Waals surface area contributed by atoms with Gasteiger partial charge in [-0.25, -0.2) is 4.68 Å². The lowest BCUT2D eigenvalue weighted by Crippen LogP contribution is -2.39. The molecule has 2 unspecified atom stereocenters. The topological polar surface area (TPSA) is 93.8 Å². The van der Waals surface area contributed by atoms with Crippen LogP contribution in [0.1, 0.15) is 36.3 Å². The molecule has 2 atom stereocenters. The second-order valence-corrected chi connectivity index (χ2v) is 7.27.